The fourth-order valence-corrected chi connectivity index (χ4v) is 1.83. The molecule has 0 aromatic heterocycles. The number of benzene rings is 1. The molecular weight excluding hydrogens is 261 g/mol. The first kappa shape index (κ1) is 16.4. The monoisotopic (exact) mass is 283 g/mol. The van der Waals surface area contributed by atoms with E-state index >= 15 is 0 Å². The number of carbonyl (C=O) groups excluding carboxylic acids is 1. The number of carbonyl (C=O) groups is 1. The largest absolute Gasteiger partial charge is 0.491 e. The van der Waals surface area contributed by atoms with E-state index in [1.54, 1.807) is 39.1 Å². The number of aliphatic hydroxyl groups is 1. The molecule has 0 spiro atoms. The van der Waals surface area contributed by atoms with Crippen LogP contribution in [0.5, 0.6) is 5.75 Å². The molecule has 1 rings (SSSR count). The topological polar surface area (TPSA) is 49.8 Å². The highest BCUT2D eigenvalue weighted by atomic mass is 19.1. The molecule has 1 N–H and O–H groups in total. The minimum absolute atomic E-state index is 0.0655. The van der Waals surface area contributed by atoms with Crippen LogP contribution >= 0.6 is 0 Å². The number of rotatable bonds is 7. The number of para-hydroxylation sites is 1. The Balaban J connectivity index is 2.27. The smallest absolute Gasteiger partial charge is 0.222 e. The summed E-state index contributed by atoms with van der Waals surface area (Å²) in [6.07, 6.45) is 0.810. The molecule has 0 fully saturated rings. The van der Waals surface area contributed by atoms with Gasteiger partial charge in [-0.2, -0.15) is 0 Å². The summed E-state index contributed by atoms with van der Waals surface area (Å²) in [6, 6.07) is 6.17. The third kappa shape index (κ3) is 6.02. The van der Waals surface area contributed by atoms with Crippen molar-refractivity contribution in [1.82, 2.24) is 4.90 Å². The Morgan fingerprint density at radius 3 is 2.65 bits per heavy atom. The molecule has 20 heavy (non-hydrogen) atoms. The van der Waals surface area contributed by atoms with Crippen molar-refractivity contribution in [1.29, 1.82) is 0 Å². The molecule has 0 radical (unpaired) electrons. The van der Waals surface area contributed by atoms with Gasteiger partial charge in [0.2, 0.25) is 5.91 Å². The Morgan fingerprint density at radius 2 is 2.05 bits per heavy atom. The summed E-state index contributed by atoms with van der Waals surface area (Å²) in [5, 5.41) is 9.63. The molecule has 0 heterocycles. The fraction of sp³-hybridized carbons (Fsp3) is 0.533. The molecule has 0 bridgehead atoms. The number of hydrogen-bond acceptors (Lipinski definition) is 3. The van der Waals surface area contributed by atoms with Crippen molar-refractivity contribution in [3.05, 3.63) is 30.1 Å². The van der Waals surface area contributed by atoms with Crippen LogP contribution in [-0.4, -0.2) is 41.7 Å². The zero-order valence-corrected chi connectivity index (χ0v) is 12.2. The van der Waals surface area contributed by atoms with Gasteiger partial charge in [-0.3, -0.25) is 4.79 Å². The van der Waals surface area contributed by atoms with Gasteiger partial charge in [-0.05, 0) is 32.4 Å². The van der Waals surface area contributed by atoms with E-state index in [-0.39, 0.29) is 24.8 Å². The highest BCUT2D eigenvalue weighted by Gasteiger charge is 2.18. The second-order valence-electron chi connectivity index (χ2n) is 5.44. The maximum absolute atomic E-state index is 13.3. The molecule has 0 unspecified atom stereocenters. The maximum Gasteiger partial charge on any atom is 0.222 e. The van der Waals surface area contributed by atoms with Gasteiger partial charge in [0, 0.05) is 20.0 Å². The van der Waals surface area contributed by atoms with Gasteiger partial charge in [0.05, 0.1) is 12.2 Å². The third-order valence-electron chi connectivity index (χ3n) is 2.68. The van der Waals surface area contributed by atoms with Crippen LogP contribution in [0.3, 0.4) is 0 Å². The van der Waals surface area contributed by atoms with Crippen molar-refractivity contribution >= 4 is 5.91 Å². The van der Waals surface area contributed by atoms with E-state index in [0.29, 0.717) is 12.8 Å². The first-order chi connectivity index (χ1) is 9.29. The minimum atomic E-state index is -0.909. The van der Waals surface area contributed by atoms with Crippen molar-refractivity contribution in [2.75, 3.05) is 20.2 Å². The lowest BCUT2D eigenvalue weighted by molar-refractivity contribution is -0.132. The number of likely N-dealkylation sites (N-methyl/N-ethyl adjacent to an activating group) is 1. The second-order valence-corrected chi connectivity index (χ2v) is 5.44. The van der Waals surface area contributed by atoms with Gasteiger partial charge in [0.25, 0.3) is 0 Å². The molecule has 0 aliphatic heterocycles. The summed E-state index contributed by atoms with van der Waals surface area (Å²) in [6.45, 7) is 3.86. The van der Waals surface area contributed by atoms with Crippen molar-refractivity contribution in [2.24, 2.45) is 0 Å². The Bertz CT molecular complexity index is 443. The molecular formula is C15H22FNO3. The fourth-order valence-electron chi connectivity index (χ4n) is 1.83. The van der Waals surface area contributed by atoms with E-state index in [1.165, 1.54) is 11.0 Å². The van der Waals surface area contributed by atoms with E-state index in [2.05, 4.69) is 0 Å². The molecule has 1 aromatic carbocycles. The van der Waals surface area contributed by atoms with Crippen molar-refractivity contribution in [3.63, 3.8) is 0 Å². The van der Waals surface area contributed by atoms with Crippen LogP contribution in [0.2, 0.25) is 0 Å². The predicted octanol–water partition coefficient (Wildman–Crippen LogP) is 2.21. The van der Waals surface area contributed by atoms with Crippen LogP contribution in [-0.2, 0) is 4.79 Å². The predicted molar refractivity (Wildman–Crippen MR) is 75.1 cm³/mol. The molecule has 4 nitrogen and oxygen atoms in total. The quantitative estimate of drug-likeness (QED) is 0.781. The standard InChI is InChI=1S/C15H22FNO3/c1-15(2,19)11-17(3)14(18)9-6-10-20-13-8-5-4-7-12(13)16/h4-5,7-8,19H,6,9-11H2,1-3H3. The average molecular weight is 283 g/mol. The van der Waals surface area contributed by atoms with Crippen LogP contribution in [0.15, 0.2) is 24.3 Å². The lowest BCUT2D eigenvalue weighted by Gasteiger charge is -2.25. The van der Waals surface area contributed by atoms with E-state index in [4.69, 9.17) is 4.74 Å². The van der Waals surface area contributed by atoms with Gasteiger partial charge in [0.1, 0.15) is 0 Å². The SMILES string of the molecule is CN(CC(C)(C)O)C(=O)CCCOc1ccccc1F. The molecule has 1 aromatic rings. The highest BCUT2D eigenvalue weighted by molar-refractivity contribution is 5.75. The van der Waals surface area contributed by atoms with Crippen LogP contribution in [0, 0.1) is 5.82 Å². The number of nitrogens with zero attached hydrogens (tertiary/aromatic N) is 1. The molecule has 0 atom stereocenters. The summed E-state index contributed by atoms with van der Waals surface area (Å²) in [5.74, 6) is -0.271. The van der Waals surface area contributed by atoms with Crippen LogP contribution in [0.25, 0.3) is 0 Å². The van der Waals surface area contributed by atoms with Crippen molar-refractivity contribution in [2.45, 2.75) is 32.3 Å². The van der Waals surface area contributed by atoms with Crippen molar-refractivity contribution < 1.29 is 19.0 Å². The zero-order valence-electron chi connectivity index (χ0n) is 12.2. The summed E-state index contributed by atoms with van der Waals surface area (Å²) in [5.41, 5.74) is -0.909. The zero-order chi connectivity index (χ0) is 15.2. The molecule has 5 heteroatoms. The van der Waals surface area contributed by atoms with Gasteiger partial charge >= 0.3 is 0 Å². The number of ether oxygens (including phenoxy) is 1. The average Bonchev–Trinajstić information content (AvgIpc) is 2.34. The number of halogens is 1. The van der Waals surface area contributed by atoms with Crippen molar-refractivity contribution in [3.8, 4) is 5.75 Å². The first-order valence-electron chi connectivity index (χ1n) is 6.63. The van der Waals surface area contributed by atoms with E-state index in [1.807, 2.05) is 0 Å². The minimum Gasteiger partial charge on any atom is -0.491 e. The number of hydrogen-bond donors (Lipinski definition) is 1. The molecule has 1 amide bonds. The molecule has 0 aliphatic carbocycles. The normalized spacial score (nSPS) is 11.2. The summed E-state index contributed by atoms with van der Waals surface area (Å²) < 4.78 is 18.5. The van der Waals surface area contributed by atoms with Gasteiger partial charge in [-0.25, -0.2) is 4.39 Å². The van der Waals surface area contributed by atoms with E-state index < -0.39 is 11.4 Å². The summed E-state index contributed by atoms with van der Waals surface area (Å²) in [7, 11) is 1.65. The second kappa shape index (κ2) is 7.24. The van der Waals surface area contributed by atoms with Gasteiger partial charge in [-0.1, -0.05) is 12.1 Å². The Hall–Kier alpha value is -1.62. The van der Waals surface area contributed by atoms with Crippen LogP contribution in [0.4, 0.5) is 4.39 Å². The summed E-state index contributed by atoms with van der Waals surface area (Å²) in [4.78, 5) is 13.3. The van der Waals surface area contributed by atoms with Crippen LogP contribution < -0.4 is 4.74 Å². The molecule has 112 valence electrons. The number of amides is 1. The van der Waals surface area contributed by atoms with E-state index in [9.17, 15) is 14.3 Å². The maximum atomic E-state index is 13.3. The molecule has 0 saturated heterocycles. The third-order valence-corrected chi connectivity index (χ3v) is 2.68. The lowest BCUT2D eigenvalue weighted by atomic mass is 10.1. The Morgan fingerprint density at radius 1 is 1.40 bits per heavy atom. The lowest BCUT2D eigenvalue weighted by Crippen LogP contribution is -2.39. The molecule has 0 aliphatic rings. The van der Waals surface area contributed by atoms with Gasteiger partial charge in [-0.15, -0.1) is 0 Å². The highest BCUT2D eigenvalue weighted by Crippen LogP contribution is 2.15. The summed E-state index contributed by atoms with van der Waals surface area (Å²) >= 11 is 0. The van der Waals surface area contributed by atoms with Gasteiger partial charge < -0.3 is 14.7 Å². The first-order valence-corrected chi connectivity index (χ1v) is 6.63. The van der Waals surface area contributed by atoms with Gasteiger partial charge in [0.15, 0.2) is 11.6 Å². The Labute approximate surface area is 119 Å². The molecule has 0 saturated carbocycles. The Kier molecular flexibility index (Phi) is 5.95. The van der Waals surface area contributed by atoms with Crippen LogP contribution in [0.1, 0.15) is 26.7 Å². The van der Waals surface area contributed by atoms with E-state index in [0.717, 1.165) is 0 Å².